The zero-order valence-electron chi connectivity index (χ0n) is 9.77. The number of carboxylic acid groups (broad SMARTS) is 1. The summed E-state index contributed by atoms with van der Waals surface area (Å²) in [5, 5.41) is 8.82. The molecule has 0 bridgehead atoms. The molecular formula is C13H14O4. The average molecular weight is 234 g/mol. The lowest BCUT2D eigenvalue weighted by Gasteiger charge is -2.08. The molecule has 0 heterocycles. The van der Waals surface area contributed by atoms with Gasteiger partial charge in [-0.05, 0) is 25.5 Å². The van der Waals surface area contributed by atoms with Gasteiger partial charge in [-0.15, -0.1) is 0 Å². The van der Waals surface area contributed by atoms with Gasteiger partial charge in [-0.1, -0.05) is 11.6 Å². The van der Waals surface area contributed by atoms with Crippen molar-refractivity contribution in [2.24, 2.45) is 11.8 Å². The van der Waals surface area contributed by atoms with Crippen LogP contribution in [0.1, 0.15) is 22.3 Å². The van der Waals surface area contributed by atoms with E-state index in [9.17, 15) is 9.59 Å². The number of carbonyl (C=O) groups excluding carboxylic acids is 1. The molecule has 0 spiro atoms. The molecule has 1 saturated carbocycles. The molecule has 1 aromatic carbocycles. The molecule has 0 radical (unpaired) electrons. The first-order chi connectivity index (χ1) is 8.04. The highest BCUT2D eigenvalue weighted by atomic mass is 16.5. The second-order valence-corrected chi connectivity index (χ2v) is 4.35. The van der Waals surface area contributed by atoms with E-state index in [1.54, 1.807) is 12.1 Å². The van der Waals surface area contributed by atoms with Gasteiger partial charge in [0.2, 0.25) is 0 Å². The van der Waals surface area contributed by atoms with Gasteiger partial charge in [0.15, 0.2) is 5.78 Å². The number of hydrogen-bond donors (Lipinski definition) is 1. The monoisotopic (exact) mass is 234 g/mol. The molecule has 1 aliphatic rings. The molecule has 0 aliphatic heterocycles. The van der Waals surface area contributed by atoms with Crippen LogP contribution in [0.15, 0.2) is 18.2 Å². The van der Waals surface area contributed by atoms with E-state index >= 15 is 0 Å². The number of methoxy groups -OCH3 is 1. The van der Waals surface area contributed by atoms with E-state index in [0.717, 1.165) is 5.56 Å². The second-order valence-electron chi connectivity index (χ2n) is 4.35. The van der Waals surface area contributed by atoms with Crippen molar-refractivity contribution in [2.75, 3.05) is 7.11 Å². The highest BCUT2D eigenvalue weighted by Crippen LogP contribution is 2.42. The van der Waals surface area contributed by atoms with E-state index in [1.807, 2.05) is 13.0 Å². The number of ketones is 1. The van der Waals surface area contributed by atoms with Crippen LogP contribution in [-0.4, -0.2) is 24.0 Å². The lowest BCUT2D eigenvalue weighted by atomic mass is 10.0. The van der Waals surface area contributed by atoms with E-state index in [4.69, 9.17) is 9.84 Å². The van der Waals surface area contributed by atoms with Crippen molar-refractivity contribution in [3.8, 4) is 5.75 Å². The predicted molar refractivity (Wildman–Crippen MR) is 61.3 cm³/mol. The summed E-state index contributed by atoms with van der Waals surface area (Å²) in [4.78, 5) is 22.9. The lowest BCUT2D eigenvalue weighted by molar-refractivity contribution is -0.138. The normalized spacial score (nSPS) is 22.0. The van der Waals surface area contributed by atoms with Crippen LogP contribution in [0.3, 0.4) is 0 Å². The fraction of sp³-hybridized carbons (Fsp3) is 0.385. The maximum absolute atomic E-state index is 12.1. The minimum Gasteiger partial charge on any atom is -0.496 e. The van der Waals surface area contributed by atoms with Gasteiger partial charge in [0.05, 0.1) is 18.6 Å². The van der Waals surface area contributed by atoms with Gasteiger partial charge in [-0.25, -0.2) is 0 Å². The number of Topliss-reactive ketones (excluding diaryl/α,β-unsaturated/α-hetero) is 1. The van der Waals surface area contributed by atoms with Crippen molar-refractivity contribution >= 4 is 11.8 Å². The first-order valence-electron chi connectivity index (χ1n) is 5.46. The number of carbonyl (C=O) groups is 2. The molecule has 1 aliphatic carbocycles. The number of carboxylic acids is 1. The summed E-state index contributed by atoms with van der Waals surface area (Å²) in [7, 11) is 1.50. The van der Waals surface area contributed by atoms with E-state index in [2.05, 4.69) is 0 Å². The van der Waals surface area contributed by atoms with E-state index in [-0.39, 0.29) is 11.7 Å². The summed E-state index contributed by atoms with van der Waals surface area (Å²) in [6, 6.07) is 5.34. The number of benzene rings is 1. The smallest absolute Gasteiger partial charge is 0.307 e. The predicted octanol–water partition coefficient (Wildman–Crippen LogP) is 1.91. The van der Waals surface area contributed by atoms with Gasteiger partial charge < -0.3 is 9.84 Å². The van der Waals surface area contributed by atoms with Gasteiger partial charge >= 0.3 is 5.97 Å². The van der Waals surface area contributed by atoms with E-state index < -0.39 is 11.9 Å². The van der Waals surface area contributed by atoms with Crippen LogP contribution in [0.4, 0.5) is 0 Å². The third kappa shape index (κ3) is 2.16. The zero-order chi connectivity index (χ0) is 12.6. The molecule has 4 heteroatoms. The number of rotatable bonds is 4. The highest BCUT2D eigenvalue weighted by molar-refractivity contribution is 6.04. The van der Waals surface area contributed by atoms with Crippen LogP contribution >= 0.6 is 0 Å². The number of hydrogen-bond acceptors (Lipinski definition) is 3. The highest BCUT2D eigenvalue weighted by Gasteiger charge is 2.48. The van der Waals surface area contributed by atoms with Gasteiger partial charge in [-0.3, -0.25) is 9.59 Å². The van der Waals surface area contributed by atoms with Crippen molar-refractivity contribution in [3.63, 3.8) is 0 Å². The van der Waals surface area contributed by atoms with Crippen molar-refractivity contribution in [3.05, 3.63) is 29.3 Å². The first kappa shape index (κ1) is 11.6. The Kier molecular flexibility index (Phi) is 2.88. The second kappa shape index (κ2) is 4.20. The van der Waals surface area contributed by atoms with Gasteiger partial charge in [-0.2, -0.15) is 0 Å². The molecule has 2 atom stereocenters. The standard InChI is InChI=1S/C13H14O4/c1-7-3-4-11(17-2)10(5-7)12(14)8-6-9(8)13(15)16/h3-5,8-9H,6H2,1-2H3,(H,15,16). The molecule has 2 rings (SSSR count). The molecule has 1 aromatic rings. The summed E-state index contributed by atoms with van der Waals surface area (Å²) in [6.07, 6.45) is 0.436. The molecule has 1 N–H and O–H groups in total. The third-order valence-corrected chi connectivity index (χ3v) is 3.06. The lowest BCUT2D eigenvalue weighted by Crippen LogP contribution is -2.09. The summed E-state index contributed by atoms with van der Waals surface area (Å²) in [5.41, 5.74) is 1.45. The number of ether oxygens (including phenoxy) is 1. The van der Waals surface area contributed by atoms with Gasteiger partial charge in [0, 0.05) is 5.92 Å². The van der Waals surface area contributed by atoms with E-state index in [0.29, 0.717) is 17.7 Å². The Bertz CT molecular complexity index is 478. The van der Waals surface area contributed by atoms with Crippen LogP contribution in [-0.2, 0) is 4.79 Å². The van der Waals surface area contributed by atoms with Crippen LogP contribution in [0.25, 0.3) is 0 Å². The molecule has 17 heavy (non-hydrogen) atoms. The Labute approximate surface area is 99.2 Å². The molecular weight excluding hydrogens is 220 g/mol. The Morgan fingerprint density at radius 3 is 2.59 bits per heavy atom. The van der Waals surface area contributed by atoms with Gasteiger partial charge in [0.1, 0.15) is 5.75 Å². The summed E-state index contributed by atoms with van der Waals surface area (Å²) < 4.78 is 5.13. The first-order valence-corrected chi connectivity index (χ1v) is 5.46. The maximum atomic E-state index is 12.1. The topological polar surface area (TPSA) is 63.6 Å². The summed E-state index contributed by atoms with van der Waals surface area (Å²) in [6.45, 7) is 1.89. The zero-order valence-corrected chi connectivity index (χ0v) is 9.77. The Morgan fingerprint density at radius 2 is 2.06 bits per heavy atom. The van der Waals surface area contributed by atoms with Crippen molar-refractivity contribution < 1.29 is 19.4 Å². The SMILES string of the molecule is COc1ccc(C)cc1C(=O)C1CC1C(=O)O. The minimum absolute atomic E-state index is 0.127. The maximum Gasteiger partial charge on any atom is 0.307 e. The molecule has 0 saturated heterocycles. The minimum atomic E-state index is -0.894. The largest absolute Gasteiger partial charge is 0.496 e. The van der Waals surface area contributed by atoms with Crippen LogP contribution in [0, 0.1) is 18.8 Å². The molecule has 0 amide bonds. The fourth-order valence-electron chi connectivity index (χ4n) is 1.97. The molecule has 0 aromatic heterocycles. The molecule has 2 unspecified atom stereocenters. The Balaban J connectivity index is 2.26. The average Bonchev–Trinajstić information content (AvgIpc) is 3.08. The Morgan fingerprint density at radius 1 is 1.35 bits per heavy atom. The molecule has 90 valence electrons. The van der Waals surface area contributed by atoms with Crippen molar-refractivity contribution in [1.82, 2.24) is 0 Å². The van der Waals surface area contributed by atoms with Gasteiger partial charge in [0.25, 0.3) is 0 Å². The number of aryl methyl sites for hydroxylation is 1. The van der Waals surface area contributed by atoms with Crippen LogP contribution < -0.4 is 4.74 Å². The van der Waals surface area contributed by atoms with Crippen LogP contribution in [0.5, 0.6) is 5.75 Å². The van der Waals surface area contributed by atoms with Crippen molar-refractivity contribution in [1.29, 1.82) is 0 Å². The third-order valence-electron chi connectivity index (χ3n) is 3.06. The number of aliphatic carboxylic acids is 1. The van der Waals surface area contributed by atoms with Crippen molar-refractivity contribution in [2.45, 2.75) is 13.3 Å². The van der Waals surface area contributed by atoms with Crippen LogP contribution in [0.2, 0.25) is 0 Å². The van der Waals surface area contributed by atoms with E-state index in [1.165, 1.54) is 7.11 Å². The fourth-order valence-corrected chi connectivity index (χ4v) is 1.97. The molecule has 4 nitrogen and oxygen atoms in total. The summed E-state index contributed by atoms with van der Waals surface area (Å²) >= 11 is 0. The quantitative estimate of drug-likeness (QED) is 0.808. The Hall–Kier alpha value is -1.84. The molecule has 1 fully saturated rings. The summed E-state index contributed by atoms with van der Waals surface area (Å²) in [5.74, 6) is -1.42.